The molecule has 2 aliphatic rings. The van der Waals surface area contributed by atoms with Gasteiger partial charge >= 0.3 is 5.97 Å². The number of hydrogen-bond donors (Lipinski definition) is 2. The van der Waals surface area contributed by atoms with E-state index in [1.165, 1.54) is 43.1 Å². The largest absolute Gasteiger partial charge is 0.478 e. The van der Waals surface area contributed by atoms with Crippen LogP contribution in [0.15, 0.2) is 17.5 Å². The molecule has 2 bridgehead atoms. The normalized spacial score (nSPS) is 27.3. The molecular weight excluding hydrogens is 286 g/mol. The van der Waals surface area contributed by atoms with E-state index in [9.17, 15) is 9.59 Å². The van der Waals surface area contributed by atoms with Crippen LogP contribution in [0.25, 0.3) is 6.08 Å². The van der Waals surface area contributed by atoms with Crippen molar-refractivity contribution >= 4 is 29.3 Å². The maximum absolute atomic E-state index is 12.3. The van der Waals surface area contributed by atoms with Gasteiger partial charge in [0.2, 0.25) is 0 Å². The van der Waals surface area contributed by atoms with Crippen LogP contribution in [0.5, 0.6) is 0 Å². The first-order valence-corrected chi connectivity index (χ1v) is 8.28. The lowest BCUT2D eigenvalue weighted by Gasteiger charge is -2.21. The van der Waals surface area contributed by atoms with Crippen molar-refractivity contribution in [3.8, 4) is 0 Å². The highest BCUT2D eigenvalue weighted by Gasteiger charge is 2.39. The van der Waals surface area contributed by atoms with Gasteiger partial charge in [-0.25, -0.2) is 4.79 Å². The summed E-state index contributed by atoms with van der Waals surface area (Å²) in [5, 5.41) is 13.5. The molecule has 112 valence electrons. The van der Waals surface area contributed by atoms with Crippen LogP contribution in [0.2, 0.25) is 0 Å². The summed E-state index contributed by atoms with van der Waals surface area (Å²) in [4.78, 5) is 23.4. The van der Waals surface area contributed by atoms with E-state index in [0.717, 1.165) is 24.5 Å². The van der Waals surface area contributed by atoms with Gasteiger partial charge in [-0.3, -0.25) is 4.79 Å². The molecule has 1 amide bonds. The quantitative estimate of drug-likeness (QED) is 0.822. The van der Waals surface area contributed by atoms with E-state index in [0.29, 0.717) is 16.4 Å². The second-order valence-corrected chi connectivity index (χ2v) is 6.94. The van der Waals surface area contributed by atoms with Crippen LogP contribution in [0.4, 0.5) is 0 Å². The molecule has 0 saturated heterocycles. The summed E-state index contributed by atoms with van der Waals surface area (Å²) in [5.41, 5.74) is 0.674. The Bertz CT molecular complexity index is 578. The summed E-state index contributed by atoms with van der Waals surface area (Å²) in [7, 11) is 0. The highest BCUT2D eigenvalue weighted by Crippen LogP contribution is 2.47. The fourth-order valence-electron chi connectivity index (χ4n) is 3.73. The minimum Gasteiger partial charge on any atom is -0.478 e. The highest BCUT2D eigenvalue weighted by atomic mass is 32.1. The maximum atomic E-state index is 12.3. The molecule has 0 aromatic carbocycles. The molecule has 1 aromatic rings. The Morgan fingerprint density at radius 2 is 2.24 bits per heavy atom. The fourth-order valence-corrected chi connectivity index (χ4v) is 4.53. The SMILES string of the molecule is O=C(O)C=Cc1ccsc1C(=O)NCC1CC2CCC1C2. The molecule has 2 saturated carbocycles. The minimum atomic E-state index is -1.01. The number of nitrogens with one attached hydrogen (secondary N) is 1. The molecule has 0 radical (unpaired) electrons. The van der Waals surface area contributed by atoms with Gasteiger partial charge in [0.15, 0.2) is 0 Å². The van der Waals surface area contributed by atoms with Crippen LogP contribution >= 0.6 is 11.3 Å². The second kappa shape index (κ2) is 6.02. The summed E-state index contributed by atoms with van der Waals surface area (Å²) >= 11 is 1.35. The van der Waals surface area contributed by atoms with Crippen molar-refractivity contribution in [3.63, 3.8) is 0 Å². The molecule has 1 aromatic heterocycles. The van der Waals surface area contributed by atoms with Crippen molar-refractivity contribution in [1.82, 2.24) is 5.32 Å². The highest BCUT2D eigenvalue weighted by molar-refractivity contribution is 7.12. The third kappa shape index (κ3) is 3.18. The van der Waals surface area contributed by atoms with E-state index in [-0.39, 0.29) is 5.91 Å². The van der Waals surface area contributed by atoms with Crippen LogP contribution in [0, 0.1) is 17.8 Å². The van der Waals surface area contributed by atoms with E-state index in [4.69, 9.17) is 5.11 Å². The maximum Gasteiger partial charge on any atom is 0.328 e. The van der Waals surface area contributed by atoms with Gasteiger partial charge in [0.05, 0.1) is 4.88 Å². The molecule has 0 spiro atoms. The molecule has 3 unspecified atom stereocenters. The molecule has 1 heterocycles. The zero-order valence-corrected chi connectivity index (χ0v) is 12.6. The first-order valence-electron chi connectivity index (χ1n) is 7.40. The van der Waals surface area contributed by atoms with Gasteiger partial charge in [0.1, 0.15) is 0 Å². The third-order valence-electron chi connectivity index (χ3n) is 4.72. The topological polar surface area (TPSA) is 66.4 Å². The number of amides is 1. The average molecular weight is 305 g/mol. The van der Waals surface area contributed by atoms with Crippen LogP contribution in [0.3, 0.4) is 0 Å². The van der Waals surface area contributed by atoms with Crippen molar-refractivity contribution in [3.05, 3.63) is 28.0 Å². The number of carbonyl (C=O) groups excluding carboxylic acids is 1. The molecular formula is C16H19NO3S. The summed E-state index contributed by atoms with van der Waals surface area (Å²) in [6.45, 7) is 0.750. The average Bonchev–Trinajstić information content (AvgIpc) is 3.17. The number of aliphatic carboxylic acids is 1. The van der Waals surface area contributed by atoms with E-state index >= 15 is 0 Å². The number of fused-ring (bicyclic) bond motifs is 2. The Hall–Kier alpha value is -1.62. The summed E-state index contributed by atoms with van der Waals surface area (Å²) < 4.78 is 0. The van der Waals surface area contributed by atoms with Crippen LogP contribution < -0.4 is 5.32 Å². The Morgan fingerprint density at radius 1 is 1.38 bits per heavy atom. The monoisotopic (exact) mass is 305 g/mol. The number of carbonyl (C=O) groups is 2. The standard InChI is InChI=1S/C16H19NO3S/c18-14(19)4-3-11-5-6-21-15(11)16(20)17-9-13-8-10-1-2-12(13)7-10/h3-6,10,12-13H,1-2,7-9H2,(H,17,20)(H,18,19). The van der Waals surface area contributed by atoms with Crippen molar-refractivity contribution in [2.24, 2.45) is 17.8 Å². The molecule has 2 N–H and O–H groups in total. The zero-order chi connectivity index (χ0) is 14.8. The predicted molar refractivity (Wildman–Crippen MR) is 82.3 cm³/mol. The van der Waals surface area contributed by atoms with Crippen molar-refractivity contribution in [1.29, 1.82) is 0 Å². The Morgan fingerprint density at radius 3 is 2.90 bits per heavy atom. The van der Waals surface area contributed by atoms with Gasteiger partial charge in [-0.05, 0) is 60.1 Å². The van der Waals surface area contributed by atoms with Gasteiger partial charge < -0.3 is 10.4 Å². The Balaban J connectivity index is 1.58. The summed E-state index contributed by atoms with van der Waals surface area (Å²) in [6.07, 6.45) is 7.81. The number of hydrogen-bond acceptors (Lipinski definition) is 3. The molecule has 5 heteroatoms. The third-order valence-corrected chi connectivity index (χ3v) is 5.65. The molecule has 3 atom stereocenters. The number of thiophene rings is 1. The molecule has 2 aliphatic carbocycles. The lowest BCUT2D eigenvalue weighted by molar-refractivity contribution is -0.131. The first-order chi connectivity index (χ1) is 10.1. The van der Waals surface area contributed by atoms with Crippen LogP contribution in [-0.2, 0) is 4.79 Å². The summed E-state index contributed by atoms with van der Waals surface area (Å²) in [6, 6.07) is 1.77. The number of rotatable bonds is 5. The second-order valence-electron chi connectivity index (χ2n) is 6.02. The van der Waals surface area contributed by atoms with Gasteiger partial charge in [0, 0.05) is 12.6 Å². The fraction of sp³-hybridized carbons (Fsp3) is 0.500. The Labute approximate surface area is 127 Å². The number of carboxylic acids is 1. The molecule has 4 nitrogen and oxygen atoms in total. The van der Waals surface area contributed by atoms with E-state index in [1.807, 2.05) is 5.38 Å². The van der Waals surface area contributed by atoms with Crippen LogP contribution in [0.1, 0.15) is 40.9 Å². The minimum absolute atomic E-state index is 0.0854. The molecule has 2 fully saturated rings. The van der Waals surface area contributed by atoms with Crippen molar-refractivity contribution in [2.75, 3.05) is 6.54 Å². The van der Waals surface area contributed by atoms with Gasteiger partial charge in [0.25, 0.3) is 5.91 Å². The van der Waals surface area contributed by atoms with E-state index in [2.05, 4.69) is 5.32 Å². The van der Waals surface area contributed by atoms with Gasteiger partial charge in [-0.15, -0.1) is 11.3 Å². The molecule has 0 aliphatic heterocycles. The summed E-state index contributed by atoms with van der Waals surface area (Å²) in [5.74, 6) is 1.22. The zero-order valence-electron chi connectivity index (χ0n) is 11.7. The lowest BCUT2D eigenvalue weighted by atomic mass is 9.89. The smallest absolute Gasteiger partial charge is 0.328 e. The predicted octanol–water partition coefficient (Wildman–Crippen LogP) is 3.01. The van der Waals surface area contributed by atoms with Gasteiger partial charge in [-0.1, -0.05) is 6.42 Å². The van der Waals surface area contributed by atoms with Gasteiger partial charge in [-0.2, -0.15) is 0 Å². The van der Waals surface area contributed by atoms with E-state index < -0.39 is 5.97 Å². The van der Waals surface area contributed by atoms with Crippen LogP contribution in [-0.4, -0.2) is 23.5 Å². The number of carboxylic acid groups (broad SMARTS) is 1. The van der Waals surface area contributed by atoms with E-state index in [1.54, 1.807) is 6.07 Å². The van der Waals surface area contributed by atoms with Crippen molar-refractivity contribution in [2.45, 2.75) is 25.7 Å². The van der Waals surface area contributed by atoms with Crippen molar-refractivity contribution < 1.29 is 14.7 Å². The first kappa shape index (κ1) is 14.3. The molecule has 21 heavy (non-hydrogen) atoms. The molecule has 3 rings (SSSR count). The lowest BCUT2D eigenvalue weighted by Crippen LogP contribution is -2.31. The Kier molecular flexibility index (Phi) is 4.10.